The standard InChI is InChI=1S/C27H40F2N2O5/c1-4-6-7-19-8-9-31(26(19)33)17(3)27(34)36-24(13-18-11-20(28)14-21(29)12-18)25(32)23-15-22(16-30-23)35-10-5-2/h11-12,14,17,19,22-25,30,32H,4-10,13,15-16H2,1-3H3/t17?,19?,22-,23-,24+,25-/m1/s1. The van der Waals surface area contributed by atoms with Crippen molar-refractivity contribution in [2.45, 2.75) is 96.1 Å². The van der Waals surface area contributed by atoms with Crippen LogP contribution >= 0.6 is 0 Å². The number of hydrogen-bond acceptors (Lipinski definition) is 6. The van der Waals surface area contributed by atoms with Crippen LogP contribution in [0.5, 0.6) is 0 Å². The van der Waals surface area contributed by atoms with E-state index >= 15 is 0 Å². The maximum absolute atomic E-state index is 13.8. The second kappa shape index (κ2) is 13.4. The lowest BCUT2D eigenvalue weighted by Crippen LogP contribution is -2.49. The minimum atomic E-state index is -1.13. The lowest BCUT2D eigenvalue weighted by Gasteiger charge is -2.30. The van der Waals surface area contributed by atoms with Crippen LogP contribution in [-0.4, -0.2) is 72.0 Å². The molecule has 0 aromatic heterocycles. The van der Waals surface area contributed by atoms with Crippen LogP contribution in [-0.2, 0) is 25.5 Å². The molecule has 202 valence electrons. The van der Waals surface area contributed by atoms with Crippen LogP contribution in [0.3, 0.4) is 0 Å². The van der Waals surface area contributed by atoms with E-state index in [2.05, 4.69) is 12.2 Å². The molecule has 36 heavy (non-hydrogen) atoms. The van der Waals surface area contributed by atoms with Gasteiger partial charge in [0.15, 0.2) is 0 Å². The number of aliphatic hydroxyl groups excluding tert-OH is 1. The highest BCUT2D eigenvalue weighted by Crippen LogP contribution is 2.27. The first-order valence-electron chi connectivity index (χ1n) is 13.2. The Hall–Kier alpha value is -2.10. The Bertz CT molecular complexity index is 865. The van der Waals surface area contributed by atoms with Gasteiger partial charge in [-0.2, -0.15) is 0 Å². The Morgan fingerprint density at radius 2 is 1.94 bits per heavy atom. The second-order valence-corrected chi connectivity index (χ2v) is 10.0. The summed E-state index contributed by atoms with van der Waals surface area (Å²) in [6.45, 7) is 7.35. The largest absolute Gasteiger partial charge is 0.458 e. The smallest absolute Gasteiger partial charge is 0.328 e. The van der Waals surface area contributed by atoms with Gasteiger partial charge in [0.1, 0.15) is 29.9 Å². The van der Waals surface area contributed by atoms with Crippen LogP contribution in [0.1, 0.15) is 64.9 Å². The minimum absolute atomic E-state index is 0.0504. The van der Waals surface area contributed by atoms with Gasteiger partial charge in [-0.25, -0.2) is 13.6 Å². The highest BCUT2D eigenvalue weighted by molar-refractivity contribution is 5.87. The number of unbranched alkanes of at least 4 members (excludes halogenated alkanes) is 1. The molecule has 1 aromatic rings. The molecule has 2 unspecified atom stereocenters. The first-order valence-corrected chi connectivity index (χ1v) is 13.2. The van der Waals surface area contributed by atoms with Gasteiger partial charge in [-0.3, -0.25) is 4.79 Å². The first-order chi connectivity index (χ1) is 17.2. The molecule has 0 saturated carbocycles. The first kappa shape index (κ1) is 28.5. The van der Waals surface area contributed by atoms with Gasteiger partial charge in [-0.1, -0.05) is 26.7 Å². The van der Waals surface area contributed by atoms with Crippen molar-refractivity contribution in [2.24, 2.45) is 5.92 Å². The van der Waals surface area contributed by atoms with E-state index in [9.17, 15) is 23.5 Å². The lowest BCUT2D eigenvalue weighted by atomic mass is 9.97. The molecule has 2 fully saturated rings. The summed E-state index contributed by atoms with van der Waals surface area (Å²) in [4.78, 5) is 27.5. The van der Waals surface area contributed by atoms with Crippen molar-refractivity contribution in [3.63, 3.8) is 0 Å². The third-order valence-electron chi connectivity index (χ3n) is 7.17. The number of nitrogens with one attached hydrogen (secondary N) is 1. The molecule has 0 bridgehead atoms. The van der Waals surface area contributed by atoms with E-state index in [-0.39, 0.29) is 29.9 Å². The third kappa shape index (κ3) is 7.46. The van der Waals surface area contributed by atoms with Crippen molar-refractivity contribution in [1.82, 2.24) is 10.2 Å². The molecule has 0 spiro atoms. The zero-order chi connectivity index (χ0) is 26.2. The number of rotatable bonds is 13. The summed E-state index contributed by atoms with van der Waals surface area (Å²) in [5, 5.41) is 14.4. The topological polar surface area (TPSA) is 88.1 Å². The predicted octanol–water partition coefficient (Wildman–Crippen LogP) is 3.36. The van der Waals surface area contributed by atoms with Gasteiger partial charge in [-0.15, -0.1) is 0 Å². The Morgan fingerprint density at radius 3 is 2.61 bits per heavy atom. The highest BCUT2D eigenvalue weighted by atomic mass is 19.1. The van der Waals surface area contributed by atoms with Crippen molar-refractivity contribution < 1.29 is 33.0 Å². The van der Waals surface area contributed by atoms with Crippen molar-refractivity contribution in [3.8, 4) is 0 Å². The van der Waals surface area contributed by atoms with Gasteiger partial charge in [-0.05, 0) is 50.3 Å². The number of carbonyl (C=O) groups is 2. The molecule has 1 amide bonds. The van der Waals surface area contributed by atoms with E-state index in [4.69, 9.17) is 9.47 Å². The molecule has 2 heterocycles. The van der Waals surface area contributed by atoms with E-state index in [1.165, 1.54) is 4.90 Å². The number of ether oxygens (including phenoxy) is 2. The molecule has 0 radical (unpaired) electrons. The van der Waals surface area contributed by atoms with Crippen LogP contribution < -0.4 is 5.32 Å². The number of esters is 1. The number of halogens is 2. The Balaban J connectivity index is 1.71. The highest BCUT2D eigenvalue weighted by Gasteiger charge is 2.40. The minimum Gasteiger partial charge on any atom is -0.458 e. The second-order valence-electron chi connectivity index (χ2n) is 10.0. The van der Waals surface area contributed by atoms with Crippen molar-refractivity contribution in [1.29, 1.82) is 0 Å². The Kier molecular flexibility index (Phi) is 10.6. The summed E-state index contributed by atoms with van der Waals surface area (Å²) >= 11 is 0. The van der Waals surface area contributed by atoms with Crippen LogP contribution in [0, 0.1) is 17.6 Å². The van der Waals surface area contributed by atoms with Crippen molar-refractivity contribution in [2.75, 3.05) is 19.7 Å². The van der Waals surface area contributed by atoms with Crippen molar-refractivity contribution >= 4 is 11.9 Å². The van der Waals surface area contributed by atoms with Crippen LogP contribution in [0.15, 0.2) is 18.2 Å². The summed E-state index contributed by atoms with van der Waals surface area (Å²) in [6.07, 6.45) is 2.53. The van der Waals surface area contributed by atoms with E-state index in [1.807, 2.05) is 6.92 Å². The fraction of sp³-hybridized carbons (Fsp3) is 0.704. The average molecular weight is 511 g/mol. The third-order valence-corrected chi connectivity index (χ3v) is 7.17. The van der Waals surface area contributed by atoms with E-state index < -0.39 is 41.9 Å². The summed E-state index contributed by atoms with van der Waals surface area (Å²) in [7, 11) is 0. The van der Waals surface area contributed by atoms with Gasteiger partial charge in [0.05, 0.1) is 6.10 Å². The molecular weight excluding hydrogens is 470 g/mol. The molecule has 6 atom stereocenters. The fourth-order valence-corrected chi connectivity index (χ4v) is 5.10. The molecule has 2 aliphatic rings. The number of amides is 1. The quantitative estimate of drug-likeness (QED) is 0.396. The average Bonchev–Trinajstić information content (AvgIpc) is 3.46. The number of nitrogens with zero attached hydrogens (tertiary/aromatic N) is 1. The Labute approximate surface area is 212 Å². The van der Waals surface area contributed by atoms with Gasteiger partial charge in [0, 0.05) is 44.1 Å². The van der Waals surface area contributed by atoms with Gasteiger partial charge in [0.2, 0.25) is 5.91 Å². The van der Waals surface area contributed by atoms with Gasteiger partial charge >= 0.3 is 5.97 Å². The number of likely N-dealkylation sites (tertiary alicyclic amines) is 1. The SMILES string of the molecule is CCCCC1CCN(C(C)C(=O)O[C@@H](Cc2cc(F)cc(F)c2)[C@H](O)[C@H]2C[C@@H](OCCC)CN2)C1=O. The number of hydrogen-bond donors (Lipinski definition) is 2. The van der Waals surface area contributed by atoms with Crippen LogP contribution in [0.4, 0.5) is 8.78 Å². The van der Waals surface area contributed by atoms with Crippen LogP contribution in [0.2, 0.25) is 0 Å². The molecule has 2 aliphatic heterocycles. The summed E-state index contributed by atoms with van der Waals surface area (Å²) < 4.78 is 39.2. The maximum atomic E-state index is 13.8. The molecule has 2 N–H and O–H groups in total. The molecule has 1 aromatic carbocycles. The monoisotopic (exact) mass is 510 g/mol. The fourth-order valence-electron chi connectivity index (χ4n) is 5.10. The van der Waals surface area contributed by atoms with Gasteiger partial charge < -0.3 is 24.8 Å². The molecule has 2 saturated heterocycles. The van der Waals surface area contributed by atoms with E-state index in [0.29, 0.717) is 32.5 Å². The predicted molar refractivity (Wildman–Crippen MR) is 131 cm³/mol. The molecular formula is C27H40F2N2O5. The van der Waals surface area contributed by atoms with E-state index in [0.717, 1.165) is 43.9 Å². The van der Waals surface area contributed by atoms with Gasteiger partial charge in [0.25, 0.3) is 0 Å². The van der Waals surface area contributed by atoms with Crippen molar-refractivity contribution in [3.05, 3.63) is 35.4 Å². The lowest BCUT2D eigenvalue weighted by molar-refractivity contribution is -0.164. The summed E-state index contributed by atoms with van der Waals surface area (Å²) in [5.74, 6) is -2.26. The summed E-state index contributed by atoms with van der Waals surface area (Å²) in [6, 6.07) is 1.87. The maximum Gasteiger partial charge on any atom is 0.328 e. The number of benzene rings is 1. The summed E-state index contributed by atoms with van der Waals surface area (Å²) in [5.41, 5.74) is 0.269. The normalized spacial score (nSPS) is 24.7. The number of carbonyl (C=O) groups excluding carboxylic acids is 2. The zero-order valence-corrected chi connectivity index (χ0v) is 21.6. The Morgan fingerprint density at radius 1 is 1.22 bits per heavy atom. The zero-order valence-electron chi connectivity index (χ0n) is 21.6. The van der Waals surface area contributed by atoms with Crippen LogP contribution in [0.25, 0.3) is 0 Å². The molecule has 0 aliphatic carbocycles. The molecule has 7 nitrogen and oxygen atoms in total. The van der Waals surface area contributed by atoms with E-state index in [1.54, 1.807) is 6.92 Å². The molecule has 3 rings (SSSR count). The number of aliphatic hydroxyl groups is 1. The molecule has 9 heteroatoms.